The van der Waals surface area contributed by atoms with Gasteiger partial charge in [0.15, 0.2) is 0 Å². The predicted octanol–water partition coefficient (Wildman–Crippen LogP) is 4.01. The molecule has 2 nitrogen and oxygen atoms in total. The molecule has 1 aromatic rings. The van der Waals surface area contributed by atoms with E-state index < -0.39 is 0 Å². The van der Waals surface area contributed by atoms with E-state index in [2.05, 4.69) is 37.3 Å². The van der Waals surface area contributed by atoms with Crippen molar-refractivity contribution in [3.8, 4) is 0 Å². The van der Waals surface area contributed by atoms with Crippen LogP contribution < -0.4 is 0 Å². The summed E-state index contributed by atoms with van der Waals surface area (Å²) in [5.74, 6) is 0.699. The molecule has 0 aliphatic rings. The molecule has 0 saturated carbocycles. The molecule has 1 aromatic carbocycles. The molecule has 1 unspecified atom stereocenters. The molecule has 0 aliphatic heterocycles. The van der Waals surface area contributed by atoms with Gasteiger partial charge in [-0.25, -0.2) is 0 Å². The van der Waals surface area contributed by atoms with Crippen LogP contribution in [0.25, 0.3) is 0 Å². The maximum atomic E-state index is 5.47. The Bertz CT molecular complexity index is 284. The molecule has 102 valence electrons. The minimum atomic E-state index is 0.696. The lowest BCUT2D eigenvalue weighted by molar-refractivity contribution is 0.0684. The van der Waals surface area contributed by atoms with E-state index in [9.17, 15) is 0 Å². The van der Waals surface area contributed by atoms with E-state index in [1.807, 2.05) is 0 Å². The third kappa shape index (κ3) is 6.18. The van der Waals surface area contributed by atoms with Crippen molar-refractivity contribution >= 4 is 0 Å². The molecule has 0 aromatic heterocycles. The molecule has 0 bridgehead atoms. The van der Waals surface area contributed by atoms with E-state index in [0.29, 0.717) is 19.1 Å². The van der Waals surface area contributed by atoms with Crippen molar-refractivity contribution in [3.63, 3.8) is 0 Å². The molecule has 18 heavy (non-hydrogen) atoms. The zero-order valence-electron chi connectivity index (χ0n) is 11.7. The molecule has 0 N–H and O–H groups in total. The molecule has 1 rings (SSSR count). The summed E-state index contributed by atoms with van der Waals surface area (Å²) in [4.78, 5) is 0. The number of unbranched alkanes of at least 4 members (excludes halogenated alkanes) is 1. The Hall–Kier alpha value is -0.860. The van der Waals surface area contributed by atoms with Crippen LogP contribution in [-0.2, 0) is 9.47 Å². The van der Waals surface area contributed by atoms with E-state index in [4.69, 9.17) is 9.47 Å². The van der Waals surface area contributed by atoms with E-state index >= 15 is 0 Å². The molecule has 0 saturated heterocycles. The number of benzene rings is 1. The first-order valence-corrected chi connectivity index (χ1v) is 7.00. The van der Waals surface area contributed by atoms with Crippen molar-refractivity contribution < 1.29 is 9.47 Å². The quantitative estimate of drug-likeness (QED) is 0.584. The molecule has 0 spiro atoms. The maximum Gasteiger partial charge on any atom is 0.0700 e. The van der Waals surface area contributed by atoms with E-state index in [-0.39, 0.29) is 0 Å². The summed E-state index contributed by atoms with van der Waals surface area (Å²) in [5, 5.41) is 0. The number of ether oxygens (including phenoxy) is 2. The molecule has 0 radical (unpaired) electrons. The second-order valence-corrected chi connectivity index (χ2v) is 4.62. The average Bonchev–Trinajstić information content (AvgIpc) is 2.43. The summed E-state index contributed by atoms with van der Waals surface area (Å²) >= 11 is 0. The van der Waals surface area contributed by atoms with Gasteiger partial charge >= 0.3 is 0 Å². The Balaban J connectivity index is 2.13. The Labute approximate surface area is 111 Å². The van der Waals surface area contributed by atoms with Gasteiger partial charge in [0.05, 0.1) is 13.2 Å². The summed E-state index contributed by atoms with van der Waals surface area (Å²) in [6.07, 6.45) is 4.86. The van der Waals surface area contributed by atoms with Crippen LogP contribution in [0, 0.1) is 0 Å². The lowest BCUT2D eigenvalue weighted by atomic mass is 9.91. The van der Waals surface area contributed by atoms with Gasteiger partial charge < -0.3 is 9.47 Å². The molecule has 0 heterocycles. The third-order valence-corrected chi connectivity index (χ3v) is 3.29. The molecule has 0 fully saturated rings. The number of hydrogen-bond acceptors (Lipinski definition) is 2. The summed E-state index contributed by atoms with van der Waals surface area (Å²) in [6, 6.07) is 10.8. The van der Waals surface area contributed by atoms with Gasteiger partial charge in [0.25, 0.3) is 0 Å². The highest BCUT2D eigenvalue weighted by atomic mass is 16.5. The van der Waals surface area contributed by atoms with E-state index in [1.54, 1.807) is 7.11 Å². The fraction of sp³-hybridized carbons (Fsp3) is 0.625. The summed E-state index contributed by atoms with van der Waals surface area (Å²) < 4.78 is 10.4. The number of methoxy groups -OCH3 is 1. The van der Waals surface area contributed by atoms with Gasteiger partial charge in [0.2, 0.25) is 0 Å². The minimum Gasteiger partial charge on any atom is -0.382 e. The normalized spacial score (nSPS) is 12.6. The van der Waals surface area contributed by atoms with Gasteiger partial charge in [-0.2, -0.15) is 0 Å². The molecule has 1 atom stereocenters. The van der Waals surface area contributed by atoms with Crippen molar-refractivity contribution in [2.45, 2.75) is 38.5 Å². The van der Waals surface area contributed by atoms with Gasteiger partial charge in [-0.3, -0.25) is 0 Å². The van der Waals surface area contributed by atoms with Crippen molar-refractivity contribution in [2.75, 3.05) is 26.9 Å². The fourth-order valence-electron chi connectivity index (χ4n) is 2.17. The van der Waals surface area contributed by atoms with Crippen molar-refractivity contribution in [1.82, 2.24) is 0 Å². The van der Waals surface area contributed by atoms with E-state index in [0.717, 1.165) is 13.0 Å². The topological polar surface area (TPSA) is 18.5 Å². The van der Waals surface area contributed by atoms with Crippen molar-refractivity contribution in [1.29, 1.82) is 0 Å². The minimum absolute atomic E-state index is 0.696. The van der Waals surface area contributed by atoms with Crippen LogP contribution >= 0.6 is 0 Å². The van der Waals surface area contributed by atoms with Crippen LogP contribution in [0.15, 0.2) is 30.3 Å². The van der Waals surface area contributed by atoms with E-state index in [1.165, 1.54) is 24.8 Å². The van der Waals surface area contributed by atoms with Crippen LogP contribution in [0.5, 0.6) is 0 Å². The first-order valence-electron chi connectivity index (χ1n) is 7.00. The van der Waals surface area contributed by atoms with Crippen molar-refractivity contribution in [2.24, 2.45) is 0 Å². The standard InChI is InChI=1S/C16H26O2/c1-3-15(16-10-5-4-6-11-16)9-7-8-12-18-14-13-17-2/h4-6,10-11,15H,3,7-9,12-14H2,1-2H3. The molecule has 0 amide bonds. The monoisotopic (exact) mass is 250 g/mol. The molecular weight excluding hydrogens is 224 g/mol. The zero-order chi connectivity index (χ0) is 13.1. The predicted molar refractivity (Wildman–Crippen MR) is 76.0 cm³/mol. The SMILES string of the molecule is CCC(CCCCOCCOC)c1ccccc1. The van der Waals surface area contributed by atoms with Crippen LogP contribution in [0.1, 0.15) is 44.1 Å². The number of rotatable bonds is 10. The highest BCUT2D eigenvalue weighted by Gasteiger charge is 2.07. The van der Waals surface area contributed by atoms with Crippen LogP contribution in [0.4, 0.5) is 0 Å². The molecular formula is C16H26O2. The Kier molecular flexibility index (Phi) is 8.53. The first kappa shape index (κ1) is 15.2. The van der Waals surface area contributed by atoms with Gasteiger partial charge in [0, 0.05) is 13.7 Å². The second kappa shape index (κ2) is 10.1. The third-order valence-electron chi connectivity index (χ3n) is 3.29. The van der Waals surface area contributed by atoms with Gasteiger partial charge in [0.1, 0.15) is 0 Å². The smallest absolute Gasteiger partial charge is 0.0700 e. The fourth-order valence-corrected chi connectivity index (χ4v) is 2.17. The lowest BCUT2D eigenvalue weighted by Crippen LogP contribution is -2.04. The van der Waals surface area contributed by atoms with Crippen LogP contribution in [0.2, 0.25) is 0 Å². The zero-order valence-corrected chi connectivity index (χ0v) is 11.7. The van der Waals surface area contributed by atoms with Gasteiger partial charge in [-0.15, -0.1) is 0 Å². The van der Waals surface area contributed by atoms with Crippen molar-refractivity contribution in [3.05, 3.63) is 35.9 Å². The maximum absolute atomic E-state index is 5.47. The summed E-state index contributed by atoms with van der Waals surface area (Å²) in [5.41, 5.74) is 1.47. The Morgan fingerprint density at radius 2 is 1.78 bits per heavy atom. The highest BCUT2D eigenvalue weighted by molar-refractivity contribution is 5.19. The van der Waals surface area contributed by atoms with Gasteiger partial charge in [-0.05, 0) is 30.7 Å². The molecule has 0 aliphatic carbocycles. The van der Waals surface area contributed by atoms with Gasteiger partial charge in [-0.1, -0.05) is 43.7 Å². The Morgan fingerprint density at radius 3 is 2.44 bits per heavy atom. The first-order chi connectivity index (χ1) is 8.88. The Morgan fingerprint density at radius 1 is 1.00 bits per heavy atom. The molecule has 2 heteroatoms. The summed E-state index contributed by atoms with van der Waals surface area (Å²) in [7, 11) is 1.70. The largest absolute Gasteiger partial charge is 0.382 e. The average molecular weight is 250 g/mol. The lowest BCUT2D eigenvalue weighted by Gasteiger charge is -2.15. The highest BCUT2D eigenvalue weighted by Crippen LogP contribution is 2.24. The number of hydrogen-bond donors (Lipinski definition) is 0. The van der Waals surface area contributed by atoms with Crippen LogP contribution in [0.3, 0.4) is 0 Å². The van der Waals surface area contributed by atoms with Crippen LogP contribution in [-0.4, -0.2) is 26.9 Å². The second-order valence-electron chi connectivity index (χ2n) is 4.62. The summed E-state index contributed by atoms with van der Waals surface area (Å²) in [6.45, 7) is 4.54.